The highest BCUT2D eigenvalue weighted by Crippen LogP contribution is 2.36. The van der Waals surface area contributed by atoms with Gasteiger partial charge in [0.25, 0.3) is 11.1 Å². The first-order valence-corrected chi connectivity index (χ1v) is 11.6. The highest BCUT2D eigenvalue weighted by Gasteiger charge is 2.35. The van der Waals surface area contributed by atoms with E-state index in [0.717, 1.165) is 28.3 Å². The lowest BCUT2D eigenvalue weighted by molar-refractivity contribution is -0.123. The molecule has 1 aliphatic heterocycles. The number of ether oxygens (including phenoxy) is 1. The summed E-state index contributed by atoms with van der Waals surface area (Å²) in [6.45, 7) is 0.153. The Hall–Kier alpha value is -2.51. The van der Waals surface area contributed by atoms with Crippen LogP contribution in [0.4, 0.5) is 9.18 Å². The van der Waals surface area contributed by atoms with Gasteiger partial charge < -0.3 is 4.74 Å². The molecule has 0 saturated carbocycles. The largest absolute Gasteiger partial charge is 0.488 e. The maximum atomic E-state index is 13.3. The van der Waals surface area contributed by atoms with E-state index in [9.17, 15) is 14.0 Å². The first-order chi connectivity index (χ1) is 15.8. The molecule has 4 nitrogen and oxygen atoms in total. The second-order valence-electron chi connectivity index (χ2n) is 7.07. The van der Waals surface area contributed by atoms with Crippen LogP contribution in [0.25, 0.3) is 6.08 Å². The molecule has 1 saturated heterocycles. The Morgan fingerprint density at radius 1 is 0.939 bits per heavy atom. The molecule has 0 N–H and O–H groups in total. The molecule has 4 rings (SSSR count). The van der Waals surface area contributed by atoms with Crippen LogP contribution >= 0.6 is 46.6 Å². The van der Waals surface area contributed by atoms with Gasteiger partial charge in [0, 0.05) is 26.2 Å². The summed E-state index contributed by atoms with van der Waals surface area (Å²) < 4.78 is 19.2. The molecule has 1 fully saturated rings. The fourth-order valence-electron chi connectivity index (χ4n) is 3.12. The standard InChI is InChI=1S/C24H15Cl3FNO3S/c25-17-7-5-16(19(26)10-17)13-32-21-4-2-1-3-14(21)9-22-23(30)29(24(31)33-22)12-15-6-8-18(28)11-20(15)27/h1-11H,12-13H2/b22-9-. The van der Waals surface area contributed by atoms with Crippen LogP contribution in [0.2, 0.25) is 15.1 Å². The maximum absolute atomic E-state index is 13.3. The van der Waals surface area contributed by atoms with Crippen molar-refractivity contribution in [3.8, 4) is 5.75 Å². The summed E-state index contributed by atoms with van der Waals surface area (Å²) in [4.78, 5) is 26.7. The molecule has 33 heavy (non-hydrogen) atoms. The normalized spacial score (nSPS) is 14.9. The van der Waals surface area contributed by atoms with Gasteiger partial charge in [-0.3, -0.25) is 14.5 Å². The van der Waals surface area contributed by atoms with Crippen molar-refractivity contribution >= 4 is 63.8 Å². The average Bonchev–Trinajstić information content (AvgIpc) is 3.03. The summed E-state index contributed by atoms with van der Waals surface area (Å²) in [6.07, 6.45) is 1.61. The zero-order chi connectivity index (χ0) is 23.5. The number of para-hydroxylation sites is 1. The Balaban J connectivity index is 1.53. The van der Waals surface area contributed by atoms with Gasteiger partial charge in [-0.1, -0.05) is 65.1 Å². The van der Waals surface area contributed by atoms with Gasteiger partial charge in [-0.25, -0.2) is 4.39 Å². The first kappa shape index (κ1) is 23.6. The second-order valence-corrected chi connectivity index (χ2v) is 9.31. The van der Waals surface area contributed by atoms with Gasteiger partial charge in [0.15, 0.2) is 0 Å². The molecule has 2 amide bonds. The van der Waals surface area contributed by atoms with Gasteiger partial charge in [-0.2, -0.15) is 0 Å². The Morgan fingerprint density at radius 3 is 2.42 bits per heavy atom. The van der Waals surface area contributed by atoms with Crippen molar-refractivity contribution in [2.75, 3.05) is 0 Å². The molecule has 0 aliphatic carbocycles. The monoisotopic (exact) mass is 521 g/mol. The van der Waals surface area contributed by atoms with Crippen LogP contribution in [0.15, 0.2) is 65.6 Å². The molecule has 3 aromatic rings. The summed E-state index contributed by atoms with van der Waals surface area (Å²) in [7, 11) is 0. The molecule has 168 valence electrons. The van der Waals surface area contributed by atoms with Crippen molar-refractivity contribution in [2.24, 2.45) is 0 Å². The SMILES string of the molecule is O=C1S/C(=C\c2ccccc2OCc2ccc(Cl)cc2Cl)C(=O)N1Cc1ccc(F)cc1Cl. The maximum Gasteiger partial charge on any atom is 0.293 e. The van der Waals surface area contributed by atoms with Gasteiger partial charge in [0.2, 0.25) is 0 Å². The number of amides is 2. The van der Waals surface area contributed by atoms with Gasteiger partial charge in [0.1, 0.15) is 18.2 Å². The van der Waals surface area contributed by atoms with Crippen molar-refractivity contribution in [1.82, 2.24) is 4.90 Å². The number of benzene rings is 3. The Labute approximate surface area is 208 Å². The number of hydrogen-bond acceptors (Lipinski definition) is 4. The zero-order valence-corrected chi connectivity index (χ0v) is 19.9. The van der Waals surface area contributed by atoms with Crippen LogP contribution in [0.5, 0.6) is 5.75 Å². The molecule has 0 radical (unpaired) electrons. The highest BCUT2D eigenvalue weighted by atomic mass is 35.5. The van der Waals surface area contributed by atoms with Crippen LogP contribution in [0.3, 0.4) is 0 Å². The summed E-state index contributed by atoms with van der Waals surface area (Å²) in [5.41, 5.74) is 1.87. The fourth-order valence-corrected chi connectivity index (χ4v) is 4.64. The smallest absolute Gasteiger partial charge is 0.293 e. The van der Waals surface area contributed by atoms with Crippen molar-refractivity contribution in [1.29, 1.82) is 0 Å². The predicted molar refractivity (Wildman–Crippen MR) is 130 cm³/mol. The molecule has 0 atom stereocenters. The van der Waals surface area contributed by atoms with Crippen LogP contribution in [0.1, 0.15) is 16.7 Å². The van der Waals surface area contributed by atoms with Crippen molar-refractivity contribution in [3.05, 3.63) is 103 Å². The minimum Gasteiger partial charge on any atom is -0.488 e. The number of nitrogens with zero attached hydrogens (tertiary/aromatic N) is 1. The quantitative estimate of drug-likeness (QED) is 0.313. The molecule has 9 heteroatoms. The molecule has 1 aliphatic rings. The van der Waals surface area contributed by atoms with E-state index in [1.165, 1.54) is 12.1 Å². The van der Waals surface area contributed by atoms with E-state index in [1.807, 2.05) is 0 Å². The lowest BCUT2D eigenvalue weighted by Gasteiger charge is -2.13. The van der Waals surface area contributed by atoms with Crippen molar-refractivity contribution in [2.45, 2.75) is 13.2 Å². The second kappa shape index (κ2) is 10.2. The molecule has 1 heterocycles. The number of imide groups is 1. The predicted octanol–water partition coefficient (Wildman–Crippen LogP) is 7.60. The van der Waals surface area contributed by atoms with Crippen molar-refractivity contribution < 1.29 is 18.7 Å². The van der Waals surface area contributed by atoms with Gasteiger partial charge in [0.05, 0.1) is 11.4 Å². The summed E-state index contributed by atoms with van der Waals surface area (Å²) in [5.74, 6) is -0.424. The van der Waals surface area contributed by atoms with E-state index in [2.05, 4.69) is 0 Å². The lowest BCUT2D eigenvalue weighted by Crippen LogP contribution is -2.27. The number of hydrogen-bond donors (Lipinski definition) is 0. The van der Waals surface area contributed by atoms with E-state index in [4.69, 9.17) is 39.5 Å². The number of carbonyl (C=O) groups is 2. The Bertz CT molecular complexity index is 1280. The van der Waals surface area contributed by atoms with E-state index >= 15 is 0 Å². The van der Waals surface area contributed by atoms with E-state index < -0.39 is 17.0 Å². The summed E-state index contributed by atoms with van der Waals surface area (Å²) in [5, 5.41) is 0.734. The number of halogens is 4. The van der Waals surface area contributed by atoms with Crippen LogP contribution < -0.4 is 4.74 Å². The van der Waals surface area contributed by atoms with E-state index in [1.54, 1.807) is 48.5 Å². The van der Waals surface area contributed by atoms with Gasteiger partial charge in [-0.15, -0.1) is 0 Å². The van der Waals surface area contributed by atoms with Crippen molar-refractivity contribution in [3.63, 3.8) is 0 Å². The molecule has 0 unspecified atom stereocenters. The number of carbonyl (C=O) groups excluding carboxylic acids is 2. The molecule has 3 aromatic carbocycles. The Kier molecular flexibility index (Phi) is 7.29. The molecular weight excluding hydrogens is 508 g/mol. The molecule has 0 aromatic heterocycles. The molecular formula is C24H15Cl3FNO3S. The minimum absolute atomic E-state index is 0.0473. The van der Waals surface area contributed by atoms with E-state index in [0.29, 0.717) is 26.9 Å². The molecule has 0 bridgehead atoms. The topological polar surface area (TPSA) is 46.6 Å². The first-order valence-electron chi connectivity index (χ1n) is 9.67. The number of thioether (sulfide) groups is 1. The summed E-state index contributed by atoms with van der Waals surface area (Å²) in [6, 6.07) is 16.1. The van der Waals surface area contributed by atoms with Crippen LogP contribution in [-0.2, 0) is 17.9 Å². The molecule has 0 spiro atoms. The third kappa shape index (κ3) is 5.53. The highest BCUT2D eigenvalue weighted by molar-refractivity contribution is 8.18. The van der Waals surface area contributed by atoms with E-state index in [-0.39, 0.29) is 23.1 Å². The minimum atomic E-state index is -0.491. The Morgan fingerprint density at radius 2 is 1.67 bits per heavy atom. The average molecular weight is 523 g/mol. The zero-order valence-electron chi connectivity index (χ0n) is 16.9. The van der Waals surface area contributed by atoms with Gasteiger partial charge >= 0.3 is 0 Å². The van der Waals surface area contributed by atoms with Crippen LogP contribution in [0, 0.1) is 5.82 Å². The third-order valence-corrected chi connectivity index (χ3v) is 6.67. The van der Waals surface area contributed by atoms with Gasteiger partial charge in [-0.05, 0) is 53.7 Å². The fraction of sp³-hybridized carbons (Fsp3) is 0.0833. The number of rotatable bonds is 6. The lowest BCUT2D eigenvalue weighted by atomic mass is 10.1. The van der Waals surface area contributed by atoms with Crippen LogP contribution in [-0.4, -0.2) is 16.0 Å². The third-order valence-electron chi connectivity index (χ3n) is 4.82. The summed E-state index contributed by atoms with van der Waals surface area (Å²) >= 11 is 19.0.